The molecular formula is C13H18BrF3N4O2. The quantitative estimate of drug-likeness (QED) is 0.837. The number of carbonyl (C=O) groups is 1. The molecule has 0 spiro atoms. The van der Waals surface area contributed by atoms with Crippen molar-refractivity contribution < 1.29 is 22.7 Å². The first-order valence-corrected chi connectivity index (χ1v) is 7.90. The summed E-state index contributed by atoms with van der Waals surface area (Å²) in [4.78, 5) is 14.4. The molecule has 1 N–H and O–H groups in total. The molecule has 6 nitrogen and oxygen atoms in total. The second kappa shape index (κ2) is 7.18. The number of rotatable bonds is 4. The maximum Gasteiger partial charge on any atom is 0.436 e. The molecule has 0 bridgehead atoms. The summed E-state index contributed by atoms with van der Waals surface area (Å²) in [5.41, 5.74) is -1.25. The lowest BCUT2D eigenvalue weighted by Crippen LogP contribution is -2.46. The van der Waals surface area contributed by atoms with Crippen molar-refractivity contribution in [3.63, 3.8) is 0 Å². The Morgan fingerprint density at radius 2 is 2.04 bits per heavy atom. The highest BCUT2D eigenvalue weighted by Crippen LogP contribution is 2.35. The monoisotopic (exact) mass is 398 g/mol. The van der Waals surface area contributed by atoms with Gasteiger partial charge in [-0.05, 0) is 22.9 Å². The zero-order chi connectivity index (χ0) is 17.2. The Bertz CT molecular complexity index is 570. The van der Waals surface area contributed by atoms with Crippen LogP contribution in [0.1, 0.15) is 23.1 Å². The molecule has 1 aromatic heterocycles. The Morgan fingerprint density at radius 1 is 1.43 bits per heavy atom. The predicted molar refractivity (Wildman–Crippen MR) is 80.1 cm³/mol. The van der Waals surface area contributed by atoms with Crippen LogP contribution in [0.5, 0.6) is 0 Å². The Morgan fingerprint density at radius 3 is 2.57 bits per heavy atom. The topological polar surface area (TPSA) is 59.4 Å². The number of nitrogens with one attached hydrogen (secondary N) is 1. The second-order valence-electron chi connectivity index (χ2n) is 5.42. The van der Waals surface area contributed by atoms with Crippen LogP contribution < -0.4 is 5.32 Å². The van der Waals surface area contributed by atoms with Crippen molar-refractivity contribution in [1.29, 1.82) is 0 Å². The van der Waals surface area contributed by atoms with Crippen LogP contribution in [0.25, 0.3) is 0 Å². The first-order chi connectivity index (χ1) is 10.7. The van der Waals surface area contributed by atoms with Crippen LogP contribution in [0.3, 0.4) is 0 Å². The van der Waals surface area contributed by atoms with Gasteiger partial charge < -0.3 is 10.1 Å². The summed E-state index contributed by atoms with van der Waals surface area (Å²) >= 11 is 2.84. The Balaban J connectivity index is 2.04. The molecule has 1 amide bonds. The van der Waals surface area contributed by atoms with Crippen molar-refractivity contribution in [3.05, 3.63) is 15.9 Å². The van der Waals surface area contributed by atoms with E-state index in [1.165, 1.54) is 7.05 Å². The molecule has 1 fully saturated rings. The number of hydrogen-bond donors (Lipinski definition) is 1. The van der Waals surface area contributed by atoms with E-state index in [1.807, 2.05) is 6.92 Å². The van der Waals surface area contributed by atoms with Gasteiger partial charge in [-0.3, -0.25) is 14.4 Å². The number of halogens is 4. The molecule has 0 aromatic carbocycles. The number of alkyl halides is 3. The average Bonchev–Trinajstić information content (AvgIpc) is 2.74. The van der Waals surface area contributed by atoms with E-state index in [0.717, 1.165) is 17.8 Å². The van der Waals surface area contributed by atoms with Crippen molar-refractivity contribution in [2.75, 3.05) is 32.8 Å². The third kappa shape index (κ3) is 4.45. The van der Waals surface area contributed by atoms with Crippen LogP contribution in [-0.4, -0.2) is 59.5 Å². The van der Waals surface area contributed by atoms with E-state index < -0.39 is 17.8 Å². The number of amides is 1. The highest BCUT2D eigenvalue weighted by Gasteiger charge is 2.39. The van der Waals surface area contributed by atoms with E-state index in [9.17, 15) is 18.0 Å². The fourth-order valence-corrected chi connectivity index (χ4v) is 3.18. The van der Waals surface area contributed by atoms with Crippen molar-refractivity contribution in [1.82, 2.24) is 20.0 Å². The van der Waals surface area contributed by atoms with Crippen LogP contribution in [0, 0.1) is 0 Å². The molecule has 2 rings (SSSR count). The molecule has 1 atom stereocenters. The number of morpholine rings is 1. The summed E-state index contributed by atoms with van der Waals surface area (Å²) < 4.78 is 44.3. The maximum atomic E-state index is 12.8. The molecule has 1 aliphatic rings. The van der Waals surface area contributed by atoms with Crippen molar-refractivity contribution in [2.24, 2.45) is 7.05 Å². The van der Waals surface area contributed by atoms with Gasteiger partial charge in [0.05, 0.1) is 17.7 Å². The summed E-state index contributed by atoms with van der Waals surface area (Å²) in [6.45, 7) is 5.24. The second-order valence-corrected chi connectivity index (χ2v) is 6.21. The number of carbonyl (C=O) groups excluding carboxylic acids is 1. The van der Waals surface area contributed by atoms with Crippen LogP contribution in [0.4, 0.5) is 13.2 Å². The molecule has 2 heterocycles. The molecule has 0 aliphatic carbocycles. The molecule has 130 valence electrons. The number of aromatic nitrogens is 2. The summed E-state index contributed by atoms with van der Waals surface area (Å²) in [6, 6.07) is -0.211. The molecule has 0 unspecified atom stereocenters. The fourth-order valence-electron chi connectivity index (χ4n) is 2.43. The van der Waals surface area contributed by atoms with Gasteiger partial charge in [0.2, 0.25) is 0 Å². The maximum absolute atomic E-state index is 12.8. The lowest BCUT2D eigenvalue weighted by atomic mass is 10.2. The van der Waals surface area contributed by atoms with Crippen molar-refractivity contribution in [2.45, 2.75) is 19.1 Å². The van der Waals surface area contributed by atoms with E-state index in [2.05, 4.69) is 31.2 Å². The molecule has 0 saturated carbocycles. The van der Waals surface area contributed by atoms with E-state index in [4.69, 9.17) is 4.74 Å². The van der Waals surface area contributed by atoms with Gasteiger partial charge in [-0.2, -0.15) is 18.3 Å². The highest BCUT2D eigenvalue weighted by molar-refractivity contribution is 9.10. The van der Waals surface area contributed by atoms with Crippen molar-refractivity contribution >= 4 is 21.8 Å². The van der Waals surface area contributed by atoms with Crippen molar-refractivity contribution in [3.8, 4) is 0 Å². The lowest BCUT2D eigenvalue weighted by Gasteiger charge is -2.29. The highest BCUT2D eigenvalue weighted by atomic mass is 79.9. The minimum atomic E-state index is -4.62. The van der Waals surface area contributed by atoms with E-state index in [-0.39, 0.29) is 16.2 Å². The summed E-state index contributed by atoms with van der Waals surface area (Å²) in [6.07, 6.45) is -4.62. The number of nitrogens with zero attached hydrogens (tertiary/aromatic N) is 3. The van der Waals surface area contributed by atoms with Gasteiger partial charge >= 0.3 is 6.18 Å². The molecule has 10 heteroatoms. The zero-order valence-electron chi connectivity index (χ0n) is 12.8. The zero-order valence-corrected chi connectivity index (χ0v) is 14.4. The number of ether oxygens (including phenoxy) is 1. The molecule has 1 saturated heterocycles. The third-order valence-electron chi connectivity index (χ3n) is 3.49. The van der Waals surface area contributed by atoms with Gasteiger partial charge in [0.15, 0.2) is 5.69 Å². The molecule has 1 aromatic rings. The van der Waals surface area contributed by atoms with E-state index >= 15 is 0 Å². The number of aryl methyl sites for hydroxylation is 1. The summed E-state index contributed by atoms with van der Waals surface area (Å²) in [5, 5.41) is 6.09. The van der Waals surface area contributed by atoms with E-state index in [0.29, 0.717) is 19.8 Å². The van der Waals surface area contributed by atoms with Gasteiger partial charge in [0.25, 0.3) is 5.91 Å². The first kappa shape index (κ1) is 18.2. The molecule has 1 aliphatic heterocycles. The Kier molecular flexibility index (Phi) is 5.69. The van der Waals surface area contributed by atoms with Gasteiger partial charge in [-0.15, -0.1) is 0 Å². The minimum Gasteiger partial charge on any atom is -0.379 e. The van der Waals surface area contributed by atoms with E-state index in [1.54, 1.807) is 0 Å². The average molecular weight is 399 g/mol. The standard InChI is InChI=1S/C13H18BrF3N4O2/c1-8(7-21-3-5-23-6-4-21)18-12(22)10-9(14)11(13(15,16)17)19-20(10)2/h8H,3-7H2,1-2H3,(H,18,22)/t8-/m0/s1. The largest absolute Gasteiger partial charge is 0.436 e. The van der Waals surface area contributed by atoms with Crippen LogP contribution in [0.2, 0.25) is 0 Å². The van der Waals surface area contributed by atoms with Crippen LogP contribution in [0.15, 0.2) is 4.47 Å². The lowest BCUT2D eigenvalue weighted by molar-refractivity contribution is -0.142. The first-order valence-electron chi connectivity index (χ1n) is 7.10. The molecular weight excluding hydrogens is 381 g/mol. The van der Waals surface area contributed by atoms with Gasteiger partial charge in [0, 0.05) is 32.7 Å². The Hall–Kier alpha value is -1.13. The Labute approximate surface area is 140 Å². The molecule has 23 heavy (non-hydrogen) atoms. The van der Waals surface area contributed by atoms with Gasteiger partial charge in [-0.1, -0.05) is 0 Å². The normalized spacial score (nSPS) is 18.0. The third-order valence-corrected chi connectivity index (χ3v) is 4.24. The smallest absolute Gasteiger partial charge is 0.379 e. The predicted octanol–water partition coefficient (Wildman–Crippen LogP) is 1.65. The fraction of sp³-hybridized carbons (Fsp3) is 0.692. The van der Waals surface area contributed by atoms with Gasteiger partial charge in [-0.25, -0.2) is 0 Å². The summed E-state index contributed by atoms with van der Waals surface area (Å²) in [5.74, 6) is -0.594. The van der Waals surface area contributed by atoms with Gasteiger partial charge in [0.1, 0.15) is 5.69 Å². The van der Waals surface area contributed by atoms with Crippen LogP contribution in [-0.2, 0) is 18.0 Å². The minimum absolute atomic E-state index is 0.147. The number of hydrogen-bond acceptors (Lipinski definition) is 4. The summed E-state index contributed by atoms with van der Waals surface area (Å²) in [7, 11) is 1.31. The molecule has 0 radical (unpaired) electrons. The van der Waals surface area contributed by atoms with Crippen LogP contribution >= 0.6 is 15.9 Å². The SMILES string of the molecule is C[C@@H](CN1CCOCC1)NC(=O)c1c(Br)c(C(F)(F)F)nn1C.